The van der Waals surface area contributed by atoms with Crippen molar-refractivity contribution in [2.45, 2.75) is 19.4 Å². The molecule has 0 fully saturated rings. The lowest BCUT2D eigenvalue weighted by Gasteiger charge is -2.22. The van der Waals surface area contributed by atoms with Gasteiger partial charge < -0.3 is 19.8 Å². The van der Waals surface area contributed by atoms with E-state index in [0.717, 1.165) is 0 Å². The molecule has 1 rings (SSSR count). The zero-order valence-corrected chi connectivity index (χ0v) is 12.1. The second-order valence-electron chi connectivity index (χ2n) is 4.73. The third-order valence-electron chi connectivity index (χ3n) is 2.51. The number of hydrogen-bond donors (Lipinski definition) is 2. The molecule has 0 atom stereocenters. The number of furan rings is 1. The van der Waals surface area contributed by atoms with E-state index in [9.17, 15) is 14.4 Å². The molecule has 0 saturated carbocycles. The molecule has 0 bridgehead atoms. The van der Waals surface area contributed by atoms with Crippen LogP contribution in [0.25, 0.3) is 6.08 Å². The summed E-state index contributed by atoms with van der Waals surface area (Å²) in [6.45, 7) is 2.77. The van der Waals surface area contributed by atoms with Gasteiger partial charge in [-0.2, -0.15) is 0 Å². The van der Waals surface area contributed by atoms with Crippen LogP contribution < -0.4 is 10.6 Å². The normalized spacial score (nSPS) is 11.2. The standard InChI is InChI=1S/C14H18N2O5/c1-14(2,13(19)20-3)16-12(18)9-15-11(17)7-6-10-5-4-8-21-10/h4-8H,9H2,1-3H3,(H,15,17)(H,16,18)/b7-6-. The van der Waals surface area contributed by atoms with E-state index < -0.39 is 23.3 Å². The summed E-state index contributed by atoms with van der Waals surface area (Å²) in [6, 6.07) is 3.38. The number of nitrogens with one attached hydrogen (secondary N) is 2. The lowest BCUT2D eigenvalue weighted by atomic mass is 10.1. The molecule has 0 spiro atoms. The Bertz CT molecular complexity index is 532. The fourth-order valence-electron chi connectivity index (χ4n) is 1.47. The molecule has 0 unspecified atom stereocenters. The summed E-state index contributed by atoms with van der Waals surface area (Å²) in [4.78, 5) is 34.5. The van der Waals surface area contributed by atoms with Crippen LogP contribution in [0.1, 0.15) is 19.6 Å². The first-order valence-corrected chi connectivity index (χ1v) is 6.24. The van der Waals surface area contributed by atoms with E-state index in [4.69, 9.17) is 4.42 Å². The van der Waals surface area contributed by atoms with Crippen LogP contribution in [0.15, 0.2) is 28.9 Å². The molecule has 1 aromatic rings. The fraction of sp³-hybridized carbons (Fsp3) is 0.357. The van der Waals surface area contributed by atoms with Gasteiger partial charge in [0.05, 0.1) is 19.9 Å². The van der Waals surface area contributed by atoms with Crippen LogP contribution >= 0.6 is 0 Å². The Hall–Kier alpha value is -2.57. The van der Waals surface area contributed by atoms with Crippen molar-refractivity contribution in [2.75, 3.05) is 13.7 Å². The SMILES string of the molecule is COC(=O)C(C)(C)NC(=O)CNC(=O)/C=C\c1ccco1. The maximum Gasteiger partial charge on any atom is 0.330 e. The highest BCUT2D eigenvalue weighted by atomic mass is 16.5. The third-order valence-corrected chi connectivity index (χ3v) is 2.51. The Morgan fingerprint density at radius 2 is 2.10 bits per heavy atom. The Kier molecular flexibility index (Phi) is 5.71. The quantitative estimate of drug-likeness (QED) is 0.587. The number of ether oxygens (including phenoxy) is 1. The first-order chi connectivity index (χ1) is 9.85. The molecule has 0 aromatic carbocycles. The Morgan fingerprint density at radius 3 is 2.67 bits per heavy atom. The van der Waals surface area contributed by atoms with Crippen molar-refractivity contribution in [2.24, 2.45) is 0 Å². The summed E-state index contributed by atoms with van der Waals surface area (Å²) in [7, 11) is 1.23. The van der Waals surface area contributed by atoms with Gasteiger partial charge in [0, 0.05) is 6.08 Å². The summed E-state index contributed by atoms with van der Waals surface area (Å²) < 4.78 is 9.58. The first-order valence-electron chi connectivity index (χ1n) is 6.24. The Balaban J connectivity index is 2.39. The lowest BCUT2D eigenvalue weighted by Crippen LogP contribution is -2.52. The molecule has 114 valence electrons. The molecular formula is C14H18N2O5. The summed E-state index contributed by atoms with van der Waals surface area (Å²) in [6.07, 6.45) is 4.21. The monoisotopic (exact) mass is 294 g/mol. The average molecular weight is 294 g/mol. The van der Waals surface area contributed by atoms with Gasteiger partial charge in [0.2, 0.25) is 11.8 Å². The molecular weight excluding hydrogens is 276 g/mol. The predicted octanol–water partition coefficient (Wildman–Crippen LogP) is 0.477. The molecule has 0 radical (unpaired) electrons. The van der Waals surface area contributed by atoms with Gasteiger partial charge in [-0.1, -0.05) is 0 Å². The van der Waals surface area contributed by atoms with E-state index >= 15 is 0 Å². The van der Waals surface area contributed by atoms with E-state index in [1.54, 1.807) is 12.1 Å². The van der Waals surface area contributed by atoms with E-state index in [1.807, 2.05) is 0 Å². The lowest BCUT2D eigenvalue weighted by molar-refractivity contribution is -0.149. The highest BCUT2D eigenvalue weighted by molar-refractivity contribution is 5.95. The number of carbonyl (C=O) groups excluding carboxylic acids is 3. The Morgan fingerprint density at radius 1 is 1.38 bits per heavy atom. The van der Waals surface area contributed by atoms with Crippen molar-refractivity contribution in [3.05, 3.63) is 30.2 Å². The van der Waals surface area contributed by atoms with E-state index in [1.165, 1.54) is 39.4 Å². The van der Waals surface area contributed by atoms with Gasteiger partial charge in [-0.3, -0.25) is 9.59 Å². The average Bonchev–Trinajstić information content (AvgIpc) is 2.94. The highest BCUT2D eigenvalue weighted by Gasteiger charge is 2.30. The molecule has 7 nitrogen and oxygen atoms in total. The zero-order chi connectivity index (χ0) is 15.9. The van der Waals surface area contributed by atoms with Crippen LogP contribution in [-0.4, -0.2) is 37.0 Å². The van der Waals surface area contributed by atoms with E-state index in [0.29, 0.717) is 5.76 Å². The molecule has 0 aliphatic carbocycles. The van der Waals surface area contributed by atoms with Crippen LogP contribution in [0.3, 0.4) is 0 Å². The first kappa shape index (κ1) is 16.5. The zero-order valence-electron chi connectivity index (χ0n) is 12.1. The van der Waals surface area contributed by atoms with Crippen LogP contribution in [0.4, 0.5) is 0 Å². The second kappa shape index (κ2) is 7.28. The van der Waals surface area contributed by atoms with Crippen molar-refractivity contribution < 1.29 is 23.5 Å². The maximum atomic E-state index is 11.6. The number of methoxy groups -OCH3 is 1. The van der Waals surface area contributed by atoms with Gasteiger partial charge in [0.15, 0.2) is 0 Å². The highest BCUT2D eigenvalue weighted by Crippen LogP contribution is 2.04. The summed E-state index contributed by atoms with van der Waals surface area (Å²) in [5.74, 6) is -0.983. The number of carbonyl (C=O) groups is 3. The van der Waals surface area contributed by atoms with Crippen molar-refractivity contribution in [1.82, 2.24) is 10.6 Å². The van der Waals surface area contributed by atoms with E-state index in [-0.39, 0.29) is 6.54 Å². The fourth-order valence-corrected chi connectivity index (χ4v) is 1.47. The van der Waals surface area contributed by atoms with Crippen LogP contribution in [0.2, 0.25) is 0 Å². The number of rotatable bonds is 6. The number of hydrogen-bond acceptors (Lipinski definition) is 5. The van der Waals surface area contributed by atoms with Crippen molar-refractivity contribution >= 4 is 23.9 Å². The number of amides is 2. The van der Waals surface area contributed by atoms with Crippen molar-refractivity contribution in [3.63, 3.8) is 0 Å². The smallest absolute Gasteiger partial charge is 0.330 e. The van der Waals surface area contributed by atoms with Gasteiger partial charge in [0.25, 0.3) is 0 Å². The molecule has 7 heteroatoms. The van der Waals surface area contributed by atoms with Crippen molar-refractivity contribution in [3.8, 4) is 0 Å². The van der Waals surface area contributed by atoms with Gasteiger partial charge in [-0.15, -0.1) is 0 Å². The minimum absolute atomic E-state index is 0.248. The van der Waals surface area contributed by atoms with Crippen LogP contribution in [0.5, 0.6) is 0 Å². The summed E-state index contributed by atoms with van der Waals surface area (Å²) in [5, 5.41) is 4.85. The van der Waals surface area contributed by atoms with E-state index in [2.05, 4.69) is 15.4 Å². The molecule has 1 aromatic heterocycles. The summed E-state index contributed by atoms with van der Waals surface area (Å²) in [5.41, 5.74) is -1.15. The topological polar surface area (TPSA) is 97.6 Å². The predicted molar refractivity (Wildman–Crippen MR) is 75.0 cm³/mol. The van der Waals surface area contributed by atoms with Crippen LogP contribution in [-0.2, 0) is 19.1 Å². The largest absolute Gasteiger partial charge is 0.467 e. The molecule has 2 amide bonds. The molecule has 0 aliphatic rings. The molecule has 0 saturated heterocycles. The van der Waals surface area contributed by atoms with Crippen molar-refractivity contribution in [1.29, 1.82) is 0 Å². The molecule has 2 N–H and O–H groups in total. The Labute approximate surface area is 122 Å². The van der Waals surface area contributed by atoms with Gasteiger partial charge >= 0.3 is 5.97 Å². The number of esters is 1. The molecule has 21 heavy (non-hydrogen) atoms. The van der Waals surface area contributed by atoms with Gasteiger partial charge in [0.1, 0.15) is 11.3 Å². The second-order valence-corrected chi connectivity index (χ2v) is 4.73. The van der Waals surface area contributed by atoms with Gasteiger partial charge in [-0.25, -0.2) is 4.79 Å². The summed E-state index contributed by atoms with van der Waals surface area (Å²) >= 11 is 0. The molecule has 1 heterocycles. The maximum absolute atomic E-state index is 11.6. The minimum atomic E-state index is -1.15. The van der Waals surface area contributed by atoms with Gasteiger partial charge in [-0.05, 0) is 32.1 Å². The minimum Gasteiger partial charge on any atom is -0.467 e. The third kappa shape index (κ3) is 5.52. The molecule has 0 aliphatic heterocycles. The van der Waals surface area contributed by atoms with Crippen LogP contribution in [0, 0.1) is 0 Å².